The Balaban J connectivity index is 1.96. The second kappa shape index (κ2) is 9.20. The molecule has 0 spiro atoms. The van der Waals surface area contributed by atoms with E-state index in [9.17, 15) is 9.90 Å². The smallest absolute Gasteiger partial charge is 0.305 e. The number of hydrogen-bond donors (Lipinski definition) is 2. The Labute approximate surface area is 169 Å². The van der Waals surface area contributed by atoms with Gasteiger partial charge in [0.1, 0.15) is 0 Å². The average Bonchev–Trinajstić information content (AvgIpc) is 2.70. The molecule has 0 aliphatic rings. The number of carbonyl (C=O) groups is 1. The fourth-order valence-electron chi connectivity index (χ4n) is 3.16. The molecular formula is C23H22N2O2S. The maximum atomic E-state index is 11.2. The molecular weight excluding hydrogens is 368 g/mol. The fraction of sp³-hybridized carbons (Fsp3) is 0.174. The predicted octanol–water partition coefficient (Wildman–Crippen LogP) is 5.26. The monoisotopic (exact) mass is 390 g/mol. The summed E-state index contributed by atoms with van der Waals surface area (Å²) in [5.41, 5.74) is 1.94. The molecule has 3 rings (SSSR count). The van der Waals surface area contributed by atoms with Gasteiger partial charge in [0.05, 0.1) is 18.7 Å². The molecule has 0 aliphatic heterocycles. The van der Waals surface area contributed by atoms with Crippen LogP contribution in [0.2, 0.25) is 0 Å². The lowest BCUT2D eigenvalue weighted by molar-refractivity contribution is -0.137. The van der Waals surface area contributed by atoms with Crippen molar-refractivity contribution < 1.29 is 9.90 Å². The highest BCUT2D eigenvalue weighted by molar-refractivity contribution is 8.00. The van der Waals surface area contributed by atoms with Crippen LogP contribution in [0.5, 0.6) is 0 Å². The largest absolute Gasteiger partial charge is 0.481 e. The summed E-state index contributed by atoms with van der Waals surface area (Å²) in [6, 6.07) is 22.0. The molecule has 3 aromatic rings. The molecule has 0 amide bonds. The normalized spacial score (nSPS) is 11.6. The first-order chi connectivity index (χ1) is 13.6. The van der Waals surface area contributed by atoms with Crippen molar-refractivity contribution in [1.29, 1.82) is 0 Å². The van der Waals surface area contributed by atoms with Crippen molar-refractivity contribution in [2.75, 3.05) is 16.2 Å². The standard InChI is InChI=1S/C23H22N2O2S/c1-3-15-25(17(2)16-23(26)27)22-14-13-21(19-11-7-8-12-20(19)22)24-28-18-9-5-4-6-10-18/h1,4-14,17,24H,15-16H2,2H3,(H,26,27)/t17-/m0/s1. The fourth-order valence-corrected chi connectivity index (χ4v) is 3.86. The van der Waals surface area contributed by atoms with E-state index in [0.29, 0.717) is 6.54 Å². The highest BCUT2D eigenvalue weighted by Gasteiger charge is 2.19. The Bertz CT molecular complexity index is 998. The van der Waals surface area contributed by atoms with E-state index >= 15 is 0 Å². The Kier molecular flexibility index (Phi) is 6.46. The van der Waals surface area contributed by atoms with Crippen LogP contribution < -0.4 is 9.62 Å². The zero-order valence-corrected chi connectivity index (χ0v) is 16.4. The van der Waals surface area contributed by atoms with Gasteiger partial charge in [0, 0.05) is 27.4 Å². The van der Waals surface area contributed by atoms with Gasteiger partial charge in [-0.05, 0) is 43.1 Å². The topological polar surface area (TPSA) is 52.6 Å². The lowest BCUT2D eigenvalue weighted by Gasteiger charge is -2.30. The van der Waals surface area contributed by atoms with Crippen LogP contribution in [-0.4, -0.2) is 23.7 Å². The van der Waals surface area contributed by atoms with Crippen molar-refractivity contribution in [1.82, 2.24) is 0 Å². The molecule has 0 fully saturated rings. The third kappa shape index (κ3) is 4.59. The maximum Gasteiger partial charge on any atom is 0.305 e. The van der Waals surface area contributed by atoms with Crippen LogP contribution in [0.4, 0.5) is 11.4 Å². The predicted molar refractivity (Wildman–Crippen MR) is 118 cm³/mol. The molecule has 0 unspecified atom stereocenters. The number of terminal acetylenes is 1. The number of fused-ring (bicyclic) bond motifs is 1. The van der Waals surface area contributed by atoms with E-state index < -0.39 is 5.97 Å². The van der Waals surface area contributed by atoms with Gasteiger partial charge in [-0.3, -0.25) is 4.79 Å². The summed E-state index contributed by atoms with van der Waals surface area (Å²) in [6.07, 6.45) is 5.59. The Hall–Kier alpha value is -3.10. The first kappa shape index (κ1) is 19.7. The van der Waals surface area contributed by atoms with Gasteiger partial charge < -0.3 is 14.7 Å². The SMILES string of the molecule is C#CCN(c1ccc(NSc2ccccc2)c2ccccc12)[C@@H](C)CC(=O)O. The van der Waals surface area contributed by atoms with E-state index in [0.717, 1.165) is 27.0 Å². The molecule has 28 heavy (non-hydrogen) atoms. The number of carboxylic acids is 1. The van der Waals surface area contributed by atoms with Gasteiger partial charge in [-0.25, -0.2) is 0 Å². The van der Waals surface area contributed by atoms with Crippen LogP contribution in [0.1, 0.15) is 13.3 Å². The highest BCUT2D eigenvalue weighted by Crippen LogP contribution is 2.35. The van der Waals surface area contributed by atoms with Crippen molar-refractivity contribution in [3.8, 4) is 12.3 Å². The van der Waals surface area contributed by atoms with Crippen molar-refractivity contribution >= 4 is 40.1 Å². The Morgan fingerprint density at radius 3 is 2.46 bits per heavy atom. The number of anilines is 2. The molecule has 0 aliphatic carbocycles. The van der Waals surface area contributed by atoms with Crippen molar-refractivity contribution in [2.24, 2.45) is 0 Å². The summed E-state index contributed by atoms with van der Waals surface area (Å²) >= 11 is 1.55. The first-order valence-electron chi connectivity index (χ1n) is 9.01. The van der Waals surface area contributed by atoms with Gasteiger partial charge in [0.25, 0.3) is 0 Å². The quantitative estimate of drug-likeness (QED) is 0.406. The van der Waals surface area contributed by atoms with E-state index in [1.54, 1.807) is 11.9 Å². The summed E-state index contributed by atoms with van der Waals surface area (Å²) in [6.45, 7) is 2.24. The van der Waals surface area contributed by atoms with Gasteiger partial charge in [-0.15, -0.1) is 6.42 Å². The van der Waals surface area contributed by atoms with E-state index in [-0.39, 0.29) is 12.5 Å². The number of hydrogen-bond acceptors (Lipinski definition) is 4. The zero-order chi connectivity index (χ0) is 19.9. The van der Waals surface area contributed by atoms with E-state index in [2.05, 4.69) is 28.8 Å². The van der Waals surface area contributed by atoms with Crippen LogP contribution in [0.3, 0.4) is 0 Å². The second-order valence-corrected chi connectivity index (χ2v) is 7.35. The molecule has 0 heterocycles. The molecule has 0 saturated heterocycles. The minimum absolute atomic E-state index is 0.0276. The second-order valence-electron chi connectivity index (χ2n) is 6.47. The molecule has 0 radical (unpaired) electrons. The van der Waals surface area contributed by atoms with Crippen molar-refractivity contribution in [2.45, 2.75) is 24.3 Å². The van der Waals surface area contributed by atoms with E-state index in [1.165, 1.54) is 0 Å². The molecule has 0 aromatic heterocycles. The maximum absolute atomic E-state index is 11.2. The lowest BCUT2D eigenvalue weighted by Crippen LogP contribution is -2.35. The first-order valence-corrected chi connectivity index (χ1v) is 9.83. The third-order valence-corrected chi connectivity index (χ3v) is 5.33. The summed E-state index contributed by atoms with van der Waals surface area (Å²) in [5.74, 6) is 1.82. The molecule has 1 atom stereocenters. The molecule has 142 valence electrons. The number of nitrogens with zero attached hydrogens (tertiary/aromatic N) is 1. The summed E-state index contributed by atoms with van der Waals surface area (Å²) in [7, 11) is 0. The van der Waals surface area contributed by atoms with Gasteiger partial charge in [0.15, 0.2) is 0 Å². The molecule has 3 aromatic carbocycles. The number of rotatable bonds is 8. The van der Waals surface area contributed by atoms with Crippen LogP contribution in [0.25, 0.3) is 10.8 Å². The number of nitrogens with one attached hydrogen (secondary N) is 1. The van der Waals surface area contributed by atoms with Crippen molar-refractivity contribution in [3.63, 3.8) is 0 Å². The number of aliphatic carboxylic acids is 1. The summed E-state index contributed by atoms with van der Waals surface area (Å²) < 4.78 is 3.43. The van der Waals surface area contributed by atoms with E-state index in [1.807, 2.05) is 60.4 Å². The van der Waals surface area contributed by atoms with Gasteiger partial charge in [0.2, 0.25) is 0 Å². The highest BCUT2D eigenvalue weighted by atomic mass is 32.2. The summed E-state index contributed by atoms with van der Waals surface area (Å²) in [4.78, 5) is 14.3. The number of benzene rings is 3. The molecule has 2 N–H and O–H groups in total. The average molecular weight is 391 g/mol. The Morgan fingerprint density at radius 2 is 1.79 bits per heavy atom. The van der Waals surface area contributed by atoms with Crippen LogP contribution in [0, 0.1) is 12.3 Å². The minimum atomic E-state index is -0.837. The summed E-state index contributed by atoms with van der Waals surface area (Å²) in [5, 5.41) is 11.3. The van der Waals surface area contributed by atoms with Crippen LogP contribution in [-0.2, 0) is 4.79 Å². The molecule has 4 nitrogen and oxygen atoms in total. The van der Waals surface area contributed by atoms with E-state index in [4.69, 9.17) is 6.42 Å². The Morgan fingerprint density at radius 1 is 1.11 bits per heavy atom. The minimum Gasteiger partial charge on any atom is -0.481 e. The van der Waals surface area contributed by atoms with Crippen LogP contribution in [0.15, 0.2) is 71.6 Å². The number of carboxylic acid groups (broad SMARTS) is 1. The molecule has 5 heteroatoms. The third-order valence-electron chi connectivity index (χ3n) is 4.50. The molecule has 0 bridgehead atoms. The van der Waals surface area contributed by atoms with Gasteiger partial charge >= 0.3 is 5.97 Å². The lowest BCUT2D eigenvalue weighted by atomic mass is 10.0. The van der Waals surface area contributed by atoms with Gasteiger partial charge in [-0.2, -0.15) is 0 Å². The van der Waals surface area contributed by atoms with Gasteiger partial charge in [-0.1, -0.05) is 48.4 Å². The molecule has 0 saturated carbocycles. The van der Waals surface area contributed by atoms with Crippen LogP contribution >= 0.6 is 11.9 Å². The van der Waals surface area contributed by atoms with Crippen molar-refractivity contribution in [3.05, 3.63) is 66.7 Å². The zero-order valence-electron chi connectivity index (χ0n) is 15.6.